The fourth-order valence-corrected chi connectivity index (χ4v) is 2.01. The molecule has 0 spiro atoms. The summed E-state index contributed by atoms with van der Waals surface area (Å²) in [4.78, 5) is 12.1. The molecular formula is C16H18N2OS. The third-order valence-electron chi connectivity index (χ3n) is 3.04. The van der Waals surface area contributed by atoms with E-state index in [1.54, 1.807) is 0 Å². The molecule has 0 bridgehead atoms. The number of allylic oxidation sites excluding steroid dienone is 2. The molecule has 2 N–H and O–H groups in total. The lowest BCUT2D eigenvalue weighted by atomic mass is 10.1. The average Bonchev–Trinajstić information content (AvgIpc) is 2.48. The topological polar surface area (TPSA) is 41.1 Å². The van der Waals surface area contributed by atoms with E-state index in [-0.39, 0.29) is 10.9 Å². The maximum atomic E-state index is 11.9. The molecular weight excluding hydrogens is 268 g/mol. The van der Waals surface area contributed by atoms with Gasteiger partial charge in [0.05, 0.1) is 0 Å². The van der Waals surface area contributed by atoms with Crippen LogP contribution in [0.3, 0.4) is 0 Å². The summed E-state index contributed by atoms with van der Waals surface area (Å²) in [7, 11) is 0. The van der Waals surface area contributed by atoms with Gasteiger partial charge in [-0.25, -0.2) is 0 Å². The lowest BCUT2D eigenvalue weighted by Gasteiger charge is -2.11. The number of benzene rings is 1. The molecule has 104 valence electrons. The molecule has 20 heavy (non-hydrogen) atoms. The highest BCUT2D eigenvalue weighted by atomic mass is 32.1. The molecule has 1 aromatic carbocycles. The fourth-order valence-electron chi connectivity index (χ4n) is 1.89. The van der Waals surface area contributed by atoms with Gasteiger partial charge in [-0.05, 0) is 37.5 Å². The molecule has 0 aliphatic heterocycles. The number of nitrogens with one attached hydrogen (secondary N) is 2. The predicted octanol–water partition coefficient (Wildman–Crippen LogP) is 3.13. The molecule has 1 aliphatic rings. The van der Waals surface area contributed by atoms with Crippen LogP contribution in [0.2, 0.25) is 0 Å². The summed E-state index contributed by atoms with van der Waals surface area (Å²) in [5.74, 6) is -0.274. The number of anilines is 1. The molecule has 0 heterocycles. The number of hydrogen-bond donors (Lipinski definition) is 2. The first-order valence-electron chi connectivity index (χ1n) is 6.66. The van der Waals surface area contributed by atoms with Crippen LogP contribution in [0.4, 0.5) is 5.69 Å². The van der Waals surface area contributed by atoms with Gasteiger partial charge in [-0.3, -0.25) is 4.79 Å². The van der Waals surface area contributed by atoms with Gasteiger partial charge in [0.1, 0.15) is 0 Å². The van der Waals surface area contributed by atoms with Crippen LogP contribution in [0, 0.1) is 6.92 Å². The van der Waals surface area contributed by atoms with E-state index >= 15 is 0 Å². The number of amides is 1. The van der Waals surface area contributed by atoms with Crippen LogP contribution >= 0.6 is 12.2 Å². The van der Waals surface area contributed by atoms with Crippen molar-refractivity contribution in [3.8, 4) is 0 Å². The summed E-state index contributed by atoms with van der Waals surface area (Å²) in [5.41, 5.74) is 3.07. The molecule has 0 radical (unpaired) electrons. The van der Waals surface area contributed by atoms with E-state index in [9.17, 15) is 4.79 Å². The summed E-state index contributed by atoms with van der Waals surface area (Å²) in [6.45, 7) is 2.60. The second-order valence-electron chi connectivity index (χ2n) is 4.76. The second kappa shape index (κ2) is 7.01. The molecule has 1 aliphatic carbocycles. The monoisotopic (exact) mass is 286 g/mol. The van der Waals surface area contributed by atoms with E-state index in [0.717, 1.165) is 24.1 Å². The van der Waals surface area contributed by atoms with Crippen molar-refractivity contribution in [1.29, 1.82) is 0 Å². The van der Waals surface area contributed by atoms with Gasteiger partial charge in [0.2, 0.25) is 0 Å². The first kappa shape index (κ1) is 14.5. The Labute approximate surface area is 124 Å². The first-order valence-corrected chi connectivity index (χ1v) is 7.07. The van der Waals surface area contributed by atoms with Crippen LogP contribution in [-0.2, 0) is 4.79 Å². The van der Waals surface area contributed by atoms with Crippen LogP contribution in [0.1, 0.15) is 18.4 Å². The normalized spacial score (nSPS) is 13.6. The van der Waals surface area contributed by atoms with Gasteiger partial charge in [-0.1, -0.05) is 48.1 Å². The molecule has 0 atom stereocenters. The van der Waals surface area contributed by atoms with Gasteiger partial charge in [-0.2, -0.15) is 0 Å². The van der Waals surface area contributed by atoms with Crippen LogP contribution in [0.25, 0.3) is 0 Å². The van der Waals surface area contributed by atoms with E-state index in [2.05, 4.69) is 28.9 Å². The first-order chi connectivity index (χ1) is 9.65. The summed E-state index contributed by atoms with van der Waals surface area (Å²) < 4.78 is 0. The molecule has 0 fully saturated rings. The minimum absolute atomic E-state index is 0.213. The minimum atomic E-state index is -0.274. The fraction of sp³-hybridized carbons (Fsp3) is 0.250. The lowest BCUT2D eigenvalue weighted by Crippen LogP contribution is -2.34. The summed E-state index contributed by atoms with van der Waals surface area (Å²) in [6.07, 6.45) is 8.49. The van der Waals surface area contributed by atoms with Crippen molar-refractivity contribution in [2.24, 2.45) is 0 Å². The van der Waals surface area contributed by atoms with Crippen molar-refractivity contribution in [1.82, 2.24) is 5.32 Å². The molecule has 0 aromatic heterocycles. The number of aryl methyl sites for hydroxylation is 1. The number of carbonyl (C=O) groups is 1. The highest BCUT2D eigenvalue weighted by Crippen LogP contribution is 2.09. The molecule has 3 nitrogen and oxygen atoms in total. The van der Waals surface area contributed by atoms with Crippen LogP contribution < -0.4 is 10.6 Å². The maximum Gasteiger partial charge on any atom is 0.283 e. The van der Waals surface area contributed by atoms with Gasteiger partial charge in [0.15, 0.2) is 4.99 Å². The Morgan fingerprint density at radius 1 is 1.25 bits per heavy atom. The van der Waals surface area contributed by atoms with Crippen molar-refractivity contribution in [3.05, 3.63) is 53.6 Å². The van der Waals surface area contributed by atoms with Gasteiger partial charge in [0, 0.05) is 12.2 Å². The van der Waals surface area contributed by atoms with Gasteiger partial charge in [-0.15, -0.1) is 0 Å². The minimum Gasteiger partial charge on any atom is -0.368 e. The number of hydrogen-bond acceptors (Lipinski definition) is 2. The highest BCUT2D eigenvalue weighted by molar-refractivity contribution is 7.82. The Morgan fingerprint density at radius 2 is 2.00 bits per heavy atom. The Hall–Kier alpha value is -1.94. The molecule has 4 heteroatoms. The van der Waals surface area contributed by atoms with Crippen molar-refractivity contribution < 1.29 is 4.79 Å². The van der Waals surface area contributed by atoms with Crippen LogP contribution in [0.15, 0.2) is 48.1 Å². The predicted molar refractivity (Wildman–Crippen MR) is 86.9 cm³/mol. The van der Waals surface area contributed by atoms with Crippen molar-refractivity contribution in [3.63, 3.8) is 0 Å². The van der Waals surface area contributed by atoms with E-state index in [1.807, 2.05) is 31.2 Å². The maximum absolute atomic E-state index is 11.9. The Bertz CT molecular complexity index is 558. The Balaban J connectivity index is 1.82. The lowest BCUT2D eigenvalue weighted by molar-refractivity contribution is -0.110. The Kier molecular flexibility index (Phi) is 5.07. The summed E-state index contributed by atoms with van der Waals surface area (Å²) in [6, 6.07) is 7.62. The van der Waals surface area contributed by atoms with Crippen LogP contribution in [0.5, 0.6) is 0 Å². The van der Waals surface area contributed by atoms with E-state index in [4.69, 9.17) is 12.2 Å². The number of thiocarbonyl (C=S) groups is 1. The Morgan fingerprint density at radius 3 is 2.65 bits per heavy atom. The average molecular weight is 286 g/mol. The van der Waals surface area contributed by atoms with Gasteiger partial charge < -0.3 is 10.6 Å². The molecule has 0 saturated carbocycles. The molecule has 1 aromatic rings. The van der Waals surface area contributed by atoms with E-state index in [0.29, 0.717) is 6.54 Å². The summed E-state index contributed by atoms with van der Waals surface area (Å²) >= 11 is 5.10. The van der Waals surface area contributed by atoms with Crippen molar-refractivity contribution >= 4 is 28.8 Å². The largest absolute Gasteiger partial charge is 0.368 e. The SMILES string of the molecule is Cc1ccc(NC(=O)C(=S)NCC2=CCCC=C2)cc1. The van der Waals surface area contributed by atoms with Crippen LogP contribution in [-0.4, -0.2) is 17.4 Å². The van der Waals surface area contributed by atoms with E-state index in [1.165, 1.54) is 5.57 Å². The molecule has 2 rings (SSSR count). The second-order valence-corrected chi connectivity index (χ2v) is 5.17. The number of carbonyl (C=O) groups excluding carboxylic acids is 1. The molecule has 0 saturated heterocycles. The molecule has 1 amide bonds. The zero-order chi connectivity index (χ0) is 14.4. The van der Waals surface area contributed by atoms with Gasteiger partial charge >= 0.3 is 0 Å². The smallest absolute Gasteiger partial charge is 0.283 e. The third kappa shape index (κ3) is 4.31. The standard InChI is InChI=1S/C16H18N2OS/c1-12-7-9-14(10-8-12)18-15(19)16(20)17-11-13-5-3-2-4-6-13/h3,5-10H,2,4,11H2,1H3,(H,17,20)(H,18,19). The van der Waals surface area contributed by atoms with Gasteiger partial charge in [0.25, 0.3) is 5.91 Å². The quantitative estimate of drug-likeness (QED) is 0.839. The third-order valence-corrected chi connectivity index (χ3v) is 3.37. The molecule has 0 unspecified atom stereocenters. The number of rotatable bonds is 3. The zero-order valence-corrected chi connectivity index (χ0v) is 12.3. The van der Waals surface area contributed by atoms with E-state index < -0.39 is 0 Å². The van der Waals surface area contributed by atoms with Crippen molar-refractivity contribution in [2.75, 3.05) is 11.9 Å². The summed E-state index contributed by atoms with van der Waals surface area (Å²) in [5, 5.41) is 5.76. The van der Waals surface area contributed by atoms with Crippen molar-refractivity contribution in [2.45, 2.75) is 19.8 Å². The zero-order valence-electron chi connectivity index (χ0n) is 11.5. The highest BCUT2D eigenvalue weighted by Gasteiger charge is 2.09.